The summed E-state index contributed by atoms with van der Waals surface area (Å²) >= 11 is 1.69. The molecule has 4 heteroatoms. The van der Waals surface area contributed by atoms with Crippen molar-refractivity contribution in [3.05, 3.63) is 52.0 Å². The third kappa shape index (κ3) is 3.86. The molecule has 2 atom stereocenters. The zero-order valence-electron chi connectivity index (χ0n) is 11.4. The van der Waals surface area contributed by atoms with E-state index in [1.165, 1.54) is 0 Å². The van der Waals surface area contributed by atoms with Crippen LogP contribution in [-0.2, 0) is 11.2 Å². The van der Waals surface area contributed by atoms with Crippen LogP contribution in [0.25, 0.3) is 0 Å². The van der Waals surface area contributed by atoms with E-state index in [9.17, 15) is 0 Å². The molecule has 2 rings (SSSR count). The van der Waals surface area contributed by atoms with Crippen LogP contribution in [0.1, 0.15) is 35.1 Å². The van der Waals surface area contributed by atoms with Crippen molar-refractivity contribution in [2.75, 3.05) is 13.7 Å². The van der Waals surface area contributed by atoms with Crippen molar-refractivity contribution in [3.8, 4) is 0 Å². The highest BCUT2D eigenvalue weighted by atomic mass is 32.1. The lowest BCUT2D eigenvalue weighted by Crippen LogP contribution is -2.13. The summed E-state index contributed by atoms with van der Waals surface area (Å²) in [6, 6.07) is 10.2. The minimum Gasteiger partial charge on any atom is -0.384 e. The van der Waals surface area contributed by atoms with E-state index < -0.39 is 0 Å². The van der Waals surface area contributed by atoms with Crippen LogP contribution in [-0.4, -0.2) is 18.7 Å². The monoisotopic (exact) mass is 276 g/mol. The minimum absolute atomic E-state index is 0.00822. The Kier molecular flexibility index (Phi) is 5.07. The zero-order valence-corrected chi connectivity index (χ0v) is 12.2. The van der Waals surface area contributed by atoms with Crippen LogP contribution in [0, 0.1) is 0 Å². The summed E-state index contributed by atoms with van der Waals surface area (Å²) < 4.78 is 5.16. The molecule has 1 aromatic carbocycles. The predicted molar refractivity (Wildman–Crippen MR) is 79.5 cm³/mol. The highest BCUT2D eigenvalue weighted by Gasteiger charge is 2.13. The third-order valence-electron chi connectivity index (χ3n) is 3.06. The van der Waals surface area contributed by atoms with Crippen molar-refractivity contribution < 1.29 is 4.74 Å². The van der Waals surface area contributed by atoms with Gasteiger partial charge < -0.3 is 10.5 Å². The molecule has 2 unspecified atom stereocenters. The van der Waals surface area contributed by atoms with Gasteiger partial charge in [0.15, 0.2) is 0 Å². The fraction of sp³-hybridized carbons (Fsp3) is 0.400. The molecule has 19 heavy (non-hydrogen) atoms. The largest absolute Gasteiger partial charge is 0.384 e. The lowest BCUT2D eigenvalue weighted by Gasteiger charge is -2.10. The minimum atomic E-state index is 0.00822. The van der Waals surface area contributed by atoms with Crippen LogP contribution >= 0.6 is 11.3 Å². The van der Waals surface area contributed by atoms with E-state index in [-0.39, 0.29) is 6.04 Å². The topological polar surface area (TPSA) is 48.1 Å². The highest BCUT2D eigenvalue weighted by molar-refractivity contribution is 7.09. The summed E-state index contributed by atoms with van der Waals surface area (Å²) in [6.45, 7) is 2.83. The summed E-state index contributed by atoms with van der Waals surface area (Å²) in [7, 11) is 1.72. The molecule has 0 aliphatic heterocycles. The molecule has 2 aromatic rings. The second kappa shape index (κ2) is 6.80. The van der Waals surface area contributed by atoms with Crippen LogP contribution in [0.4, 0.5) is 0 Å². The molecule has 0 bridgehead atoms. The van der Waals surface area contributed by atoms with Crippen LogP contribution in [0.3, 0.4) is 0 Å². The maximum absolute atomic E-state index is 6.21. The molecule has 102 valence electrons. The summed E-state index contributed by atoms with van der Waals surface area (Å²) in [5.74, 6) is 0.344. The number of ether oxygens (including phenoxy) is 1. The molecule has 1 aromatic heterocycles. The Bertz CT molecular complexity index is 498. The molecule has 0 aliphatic rings. The Balaban J connectivity index is 2.00. The van der Waals surface area contributed by atoms with Crippen LogP contribution < -0.4 is 5.73 Å². The molecule has 0 aliphatic carbocycles. The molecule has 0 radical (unpaired) electrons. The Morgan fingerprint density at radius 2 is 2.05 bits per heavy atom. The Morgan fingerprint density at radius 3 is 2.74 bits per heavy atom. The molecule has 0 fully saturated rings. The lowest BCUT2D eigenvalue weighted by atomic mass is 10.0. The fourth-order valence-corrected chi connectivity index (χ4v) is 2.88. The first-order valence-corrected chi connectivity index (χ1v) is 7.32. The Morgan fingerprint density at radius 1 is 1.32 bits per heavy atom. The van der Waals surface area contributed by atoms with E-state index in [0.29, 0.717) is 12.5 Å². The van der Waals surface area contributed by atoms with E-state index in [0.717, 1.165) is 22.7 Å². The van der Waals surface area contributed by atoms with Crippen molar-refractivity contribution in [2.24, 2.45) is 5.73 Å². The van der Waals surface area contributed by atoms with Crippen molar-refractivity contribution in [3.63, 3.8) is 0 Å². The van der Waals surface area contributed by atoms with Gasteiger partial charge in [0.1, 0.15) is 0 Å². The van der Waals surface area contributed by atoms with Crippen LogP contribution in [0.5, 0.6) is 0 Å². The number of hydrogen-bond donors (Lipinski definition) is 1. The summed E-state index contributed by atoms with van der Waals surface area (Å²) in [5, 5.41) is 3.22. The summed E-state index contributed by atoms with van der Waals surface area (Å²) in [4.78, 5) is 4.65. The van der Waals surface area contributed by atoms with Gasteiger partial charge in [-0.2, -0.15) is 0 Å². The van der Waals surface area contributed by atoms with Gasteiger partial charge in [-0.3, -0.25) is 0 Å². The molecule has 1 heterocycles. The quantitative estimate of drug-likeness (QED) is 0.881. The Labute approximate surface area is 118 Å². The third-order valence-corrected chi connectivity index (χ3v) is 4.19. The average Bonchev–Trinajstić information content (AvgIpc) is 2.88. The van der Waals surface area contributed by atoms with Gasteiger partial charge in [-0.15, -0.1) is 11.3 Å². The van der Waals surface area contributed by atoms with Crippen molar-refractivity contribution >= 4 is 11.3 Å². The number of hydrogen-bond acceptors (Lipinski definition) is 4. The molecule has 3 nitrogen and oxygen atoms in total. The number of thiazole rings is 1. The van der Waals surface area contributed by atoms with E-state index in [1.54, 1.807) is 18.4 Å². The van der Waals surface area contributed by atoms with Gasteiger partial charge in [0, 0.05) is 30.9 Å². The first kappa shape index (κ1) is 14.2. The van der Waals surface area contributed by atoms with Gasteiger partial charge in [0.2, 0.25) is 0 Å². The van der Waals surface area contributed by atoms with Crippen LogP contribution in [0.15, 0.2) is 35.7 Å². The zero-order chi connectivity index (χ0) is 13.7. The number of nitrogens with zero attached hydrogens (tertiary/aromatic N) is 1. The molecular weight excluding hydrogens is 256 g/mol. The fourth-order valence-electron chi connectivity index (χ4n) is 2.01. The predicted octanol–water partition coefficient (Wildman–Crippen LogP) is 3.14. The maximum atomic E-state index is 6.21. The van der Waals surface area contributed by atoms with Crippen molar-refractivity contribution in [1.29, 1.82) is 0 Å². The number of methoxy groups -OCH3 is 1. The molecular formula is C15H20N2OS. The number of rotatable bonds is 6. The number of nitrogens with two attached hydrogens (primary N) is 1. The molecule has 0 amide bonds. The first-order valence-electron chi connectivity index (χ1n) is 6.44. The SMILES string of the molecule is COCC(C)c1nc(CC(N)c2ccccc2)cs1. The maximum Gasteiger partial charge on any atom is 0.0979 e. The molecule has 0 saturated heterocycles. The van der Waals surface area contributed by atoms with E-state index >= 15 is 0 Å². The highest BCUT2D eigenvalue weighted by Crippen LogP contribution is 2.23. The normalized spacial score (nSPS) is 14.3. The van der Waals surface area contributed by atoms with Gasteiger partial charge in [-0.1, -0.05) is 37.3 Å². The van der Waals surface area contributed by atoms with Gasteiger partial charge in [-0.05, 0) is 5.56 Å². The van der Waals surface area contributed by atoms with E-state index in [2.05, 4.69) is 29.4 Å². The molecule has 0 saturated carbocycles. The number of benzene rings is 1. The smallest absolute Gasteiger partial charge is 0.0979 e. The van der Waals surface area contributed by atoms with Crippen molar-refractivity contribution in [1.82, 2.24) is 4.98 Å². The van der Waals surface area contributed by atoms with Gasteiger partial charge in [0.05, 0.1) is 17.3 Å². The number of aromatic nitrogens is 1. The average molecular weight is 276 g/mol. The Hall–Kier alpha value is -1.23. The van der Waals surface area contributed by atoms with Gasteiger partial charge in [-0.25, -0.2) is 4.98 Å². The summed E-state index contributed by atoms with van der Waals surface area (Å²) in [5.41, 5.74) is 8.43. The summed E-state index contributed by atoms with van der Waals surface area (Å²) in [6.07, 6.45) is 0.778. The van der Waals surface area contributed by atoms with E-state index in [1.807, 2.05) is 18.2 Å². The lowest BCUT2D eigenvalue weighted by molar-refractivity contribution is 0.184. The van der Waals surface area contributed by atoms with Crippen molar-refractivity contribution in [2.45, 2.75) is 25.3 Å². The second-order valence-corrected chi connectivity index (χ2v) is 5.64. The van der Waals surface area contributed by atoms with Gasteiger partial charge in [0.25, 0.3) is 0 Å². The second-order valence-electron chi connectivity index (χ2n) is 4.75. The molecule has 0 spiro atoms. The standard InChI is InChI=1S/C15H20N2OS/c1-11(9-18-2)15-17-13(10-19-15)8-14(16)12-6-4-3-5-7-12/h3-7,10-11,14H,8-9,16H2,1-2H3. The van der Waals surface area contributed by atoms with Crippen LogP contribution in [0.2, 0.25) is 0 Å². The van der Waals surface area contributed by atoms with E-state index in [4.69, 9.17) is 10.5 Å². The van der Waals surface area contributed by atoms with Gasteiger partial charge >= 0.3 is 0 Å². The molecule has 2 N–H and O–H groups in total. The first-order chi connectivity index (χ1) is 9.20.